The van der Waals surface area contributed by atoms with E-state index < -0.39 is 30.1 Å². The first kappa shape index (κ1) is 25.8. The van der Waals surface area contributed by atoms with Crippen molar-refractivity contribution in [2.75, 3.05) is 31.9 Å². The number of benzene rings is 1. The Morgan fingerprint density at radius 1 is 1.21 bits per heavy atom. The third kappa shape index (κ3) is 4.97. The minimum atomic E-state index is -2.65. The van der Waals surface area contributed by atoms with Gasteiger partial charge in [-0.05, 0) is 30.2 Å². The van der Waals surface area contributed by atoms with Crippen LogP contribution in [0.15, 0.2) is 30.6 Å². The summed E-state index contributed by atoms with van der Waals surface area (Å²) in [5, 5.41) is 16.1. The molecule has 2 aliphatic rings. The lowest BCUT2D eigenvalue weighted by atomic mass is 10.0. The van der Waals surface area contributed by atoms with Crippen LogP contribution in [0.4, 0.5) is 23.8 Å². The molecule has 2 aliphatic heterocycles. The number of nitrogens with two attached hydrogens (primary N) is 1. The van der Waals surface area contributed by atoms with Gasteiger partial charge >= 0.3 is 6.09 Å². The van der Waals surface area contributed by atoms with Crippen LogP contribution in [0.25, 0.3) is 16.8 Å². The molecule has 1 aromatic carbocycles. The number of rotatable bonds is 5. The number of nitrogens with zero attached hydrogens (tertiary/aromatic N) is 5. The lowest BCUT2D eigenvalue weighted by Gasteiger charge is -2.31. The summed E-state index contributed by atoms with van der Waals surface area (Å²) in [4.78, 5) is 31.2. The van der Waals surface area contributed by atoms with Crippen LogP contribution in [0.1, 0.15) is 34.3 Å². The van der Waals surface area contributed by atoms with Crippen molar-refractivity contribution >= 4 is 23.3 Å². The van der Waals surface area contributed by atoms with Crippen LogP contribution in [0.3, 0.4) is 0 Å². The third-order valence-corrected chi connectivity index (χ3v) is 7.26. The minimum absolute atomic E-state index is 0.133. The molecule has 10 nitrogen and oxygen atoms in total. The summed E-state index contributed by atoms with van der Waals surface area (Å²) in [6.45, 7) is 2.20. The van der Waals surface area contributed by atoms with Crippen molar-refractivity contribution in [3.8, 4) is 11.3 Å². The number of alkyl halides is 3. The molecule has 13 heteroatoms. The first-order chi connectivity index (χ1) is 18.0. The van der Waals surface area contributed by atoms with E-state index in [0.717, 1.165) is 10.5 Å². The number of piperidine rings is 1. The van der Waals surface area contributed by atoms with E-state index in [4.69, 9.17) is 10.8 Å². The van der Waals surface area contributed by atoms with Crippen molar-refractivity contribution in [1.29, 1.82) is 0 Å². The summed E-state index contributed by atoms with van der Waals surface area (Å²) < 4.78 is 43.3. The summed E-state index contributed by atoms with van der Waals surface area (Å²) in [6.07, 6.45) is -1.85. The highest BCUT2D eigenvalue weighted by Crippen LogP contribution is 2.32. The number of hydrogen-bond acceptors (Lipinski definition) is 6. The predicted molar refractivity (Wildman–Crippen MR) is 133 cm³/mol. The van der Waals surface area contributed by atoms with Crippen LogP contribution in [-0.2, 0) is 6.54 Å². The average Bonchev–Trinajstić information content (AvgIpc) is 3.42. The van der Waals surface area contributed by atoms with E-state index in [0.29, 0.717) is 34.4 Å². The number of carbonyl (C=O) groups excluding carboxylic acids is 1. The Morgan fingerprint density at radius 3 is 2.63 bits per heavy atom. The number of halogens is 3. The van der Waals surface area contributed by atoms with E-state index in [1.54, 1.807) is 23.6 Å². The number of anilines is 1. The van der Waals surface area contributed by atoms with Gasteiger partial charge in [-0.3, -0.25) is 9.69 Å². The number of carboxylic acid groups (broad SMARTS) is 1. The topological polar surface area (TPSA) is 129 Å². The highest BCUT2D eigenvalue weighted by Gasteiger charge is 2.37. The van der Waals surface area contributed by atoms with Gasteiger partial charge in [0.05, 0.1) is 18.3 Å². The van der Waals surface area contributed by atoms with Gasteiger partial charge in [-0.25, -0.2) is 27.5 Å². The molecule has 38 heavy (non-hydrogen) atoms. The van der Waals surface area contributed by atoms with Crippen LogP contribution in [0, 0.1) is 6.92 Å². The Kier molecular flexibility index (Phi) is 6.63. The van der Waals surface area contributed by atoms with Gasteiger partial charge in [-0.15, -0.1) is 0 Å². The second kappa shape index (κ2) is 9.78. The summed E-state index contributed by atoms with van der Waals surface area (Å²) in [6, 6.07) is 6.14. The van der Waals surface area contributed by atoms with Gasteiger partial charge in [0.1, 0.15) is 18.0 Å². The summed E-state index contributed by atoms with van der Waals surface area (Å²) in [7, 11) is 0. The third-order valence-electron chi connectivity index (χ3n) is 7.26. The average molecular weight is 532 g/mol. The monoisotopic (exact) mass is 531 g/mol. The van der Waals surface area contributed by atoms with E-state index in [2.05, 4.69) is 15.4 Å². The predicted octanol–water partition coefficient (Wildman–Crippen LogP) is 2.95. The summed E-state index contributed by atoms with van der Waals surface area (Å²) in [5.74, 6) is -2.93. The molecule has 5 rings (SSSR count). The standard InChI is InChI=1S/C25H28F3N7O3/c1-14-2-3-15(8-17(14)23(36)32-19-12-34(24(37)38)11-18(19)26)20-9-16(21-22(29)30-13-31-35(20)21)10-33-6-4-25(27,28)5-7-33/h2-3,8-9,13,18-19H,4-7,10-12H2,1H3,(H,32,36)(H,37,38)(H2,29,30,31)/t18-,19+/m0/s1. The van der Waals surface area contributed by atoms with Gasteiger partial charge in [0.2, 0.25) is 0 Å². The molecule has 4 N–H and O–H groups in total. The SMILES string of the molecule is Cc1ccc(-c2cc(CN3CCC(F)(F)CC3)c3c(N)ncnn23)cc1C(=O)N[C@@H]1CN(C(=O)O)C[C@@H]1F. The molecule has 0 aliphatic carbocycles. The maximum atomic E-state index is 14.4. The molecule has 2 atom stereocenters. The number of hydrogen-bond donors (Lipinski definition) is 3. The molecule has 0 saturated carbocycles. The molecule has 0 bridgehead atoms. The Morgan fingerprint density at radius 2 is 1.95 bits per heavy atom. The Labute approximate surface area is 216 Å². The minimum Gasteiger partial charge on any atom is -0.465 e. The van der Waals surface area contributed by atoms with Crippen LogP contribution < -0.4 is 11.1 Å². The molecule has 0 spiro atoms. The molecule has 202 valence electrons. The van der Waals surface area contributed by atoms with Gasteiger partial charge in [0.15, 0.2) is 5.82 Å². The summed E-state index contributed by atoms with van der Waals surface area (Å²) >= 11 is 0. The van der Waals surface area contributed by atoms with Gasteiger partial charge < -0.3 is 21.1 Å². The summed E-state index contributed by atoms with van der Waals surface area (Å²) in [5.41, 5.74) is 9.74. The quantitative estimate of drug-likeness (QED) is 0.462. The molecule has 2 amide bonds. The van der Waals surface area contributed by atoms with E-state index in [9.17, 15) is 22.8 Å². The van der Waals surface area contributed by atoms with Crippen LogP contribution >= 0.6 is 0 Å². The van der Waals surface area contributed by atoms with Crippen LogP contribution in [-0.4, -0.2) is 85.8 Å². The van der Waals surface area contributed by atoms with Crippen molar-refractivity contribution in [2.24, 2.45) is 0 Å². The van der Waals surface area contributed by atoms with E-state index >= 15 is 0 Å². The number of nitrogens with one attached hydrogen (secondary N) is 1. The highest BCUT2D eigenvalue weighted by molar-refractivity contribution is 5.97. The van der Waals surface area contributed by atoms with E-state index in [1.165, 1.54) is 6.33 Å². The van der Waals surface area contributed by atoms with Gasteiger partial charge in [-0.1, -0.05) is 12.1 Å². The molecule has 4 heterocycles. The first-order valence-corrected chi connectivity index (χ1v) is 12.3. The molecule has 2 aromatic heterocycles. The fourth-order valence-electron chi connectivity index (χ4n) is 5.08. The second-order valence-electron chi connectivity index (χ2n) is 9.91. The molecule has 0 radical (unpaired) electrons. The van der Waals surface area contributed by atoms with E-state index in [-0.39, 0.29) is 44.8 Å². The maximum Gasteiger partial charge on any atom is 0.407 e. The highest BCUT2D eigenvalue weighted by atomic mass is 19.3. The van der Waals surface area contributed by atoms with Gasteiger partial charge in [-0.2, -0.15) is 5.10 Å². The lowest BCUT2D eigenvalue weighted by molar-refractivity contribution is -0.0565. The fraction of sp³-hybridized carbons (Fsp3) is 0.440. The number of aryl methyl sites for hydroxylation is 1. The first-order valence-electron chi connectivity index (χ1n) is 12.3. The fourth-order valence-corrected chi connectivity index (χ4v) is 5.08. The molecular weight excluding hydrogens is 503 g/mol. The molecule has 2 saturated heterocycles. The molecule has 2 fully saturated rings. The molecule has 3 aromatic rings. The zero-order valence-corrected chi connectivity index (χ0v) is 20.7. The number of carbonyl (C=O) groups is 2. The zero-order valence-electron chi connectivity index (χ0n) is 20.7. The van der Waals surface area contributed by atoms with E-state index in [1.807, 2.05) is 17.0 Å². The van der Waals surface area contributed by atoms with Crippen molar-refractivity contribution in [2.45, 2.75) is 44.4 Å². The Bertz CT molecular complexity index is 1390. The van der Waals surface area contributed by atoms with Crippen LogP contribution in [0.5, 0.6) is 0 Å². The maximum absolute atomic E-state index is 14.4. The zero-order chi connectivity index (χ0) is 27.2. The number of fused-ring (bicyclic) bond motifs is 1. The number of likely N-dealkylation sites (tertiary alicyclic amines) is 2. The van der Waals surface area contributed by atoms with Gasteiger partial charge in [0, 0.05) is 50.1 Å². The normalized spacial score (nSPS) is 21.6. The molecular formula is C25H28F3N7O3. The Balaban J connectivity index is 1.44. The number of amides is 2. The molecule has 0 unspecified atom stereocenters. The number of aromatic nitrogens is 3. The Hall–Kier alpha value is -3.87. The second-order valence-corrected chi connectivity index (χ2v) is 9.91. The largest absolute Gasteiger partial charge is 0.465 e. The van der Waals surface area contributed by atoms with Crippen molar-refractivity contribution in [3.05, 3.63) is 47.3 Å². The van der Waals surface area contributed by atoms with Crippen molar-refractivity contribution < 1.29 is 27.9 Å². The van der Waals surface area contributed by atoms with Crippen molar-refractivity contribution in [3.63, 3.8) is 0 Å². The lowest BCUT2D eigenvalue weighted by Crippen LogP contribution is -2.42. The smallest absolute Gasteiger partial charge is 0.407 e. The van der Waals surface area contributed by atoms with Gasteiger partial charge in [0.25, 0.3) is 11.8 Å². The number of nitrogen functional groups attached to an aromatic ring is 1. The van der Waals surface area contributed by atoms with Crippen molar-refractivity contribution in [1.82, 2.24) is 29.7 Å². The van der Waals surface area contributed by atoms with Crippen LogP contribution in [0.2, 0.25) is 0 Å².